The van der Waals surface area contributed by atoms with Crippen LogP contribution in [0.5, 0.6) is 5.75 Å². The molecule has 0 unspecified atom stereocenters. The highest BCUT2D eigenvalue weighted by molar-refractivity contribution is 6.46. The van der Waals surface area contributed by atoms with Crippen molar-refractivity contribution in [1.82, 2.24) is 0 Å². The third kappa shape index (κ3) is 3.85. The van der Waals surface area contributed by atoms with Gasteiger partial charge in [-0.1, -0.05) is 47.5 Å². The molecule has 1 heterocycles. The molecule has 1 N–H and O–H groups in total. The second kappa shape index (κ2) is 8.69. The molecule has 0 aliphatic carbocycles. The lowest BCUT2D eigenvalue weighted by atomic mass is 10.0. The molecule has 4 rings (SSSR count). The number of amides is 2. The van der Waals surface area contributed by atoms with E-state index in [9.17, 15) is 9.59 Å². The standard InChI is InChI=1S/C25H20Cl2N2O3/c1-14-7-12-21(32-3)20(13-14)29-24(30)22(16-8-10-17(26)11-9-16)23(25(29)31)28-19-6-4-5-18(27)15(19)2/h4-13,28H,1-3H3. The number of aryl methyl sites for hydroxylation is 1. The Morgan fingerprint density at radius 3 is 2.31 bits per heavy atom. The van der Waals surface area contributed by atoms with E-state index < -0.39 is 11.8 Å². The molecule has 1 aliphatic rings. The van der Waals surface area contributed by atoms with Gasteiger partial charge in [0.1, 0.15) is 11.4 Å². The van der Waals surface area contributed by atoms with Gasteiger partial charge in [0.05, 0.1) is 18.4 Å². The summed E-state index contributed by atoms with van der Waals surface area (Å²) in [5.74, 6) is -0.514. The number of nitrogens with zero attached hydrogens (tertiary/aromatic N) is 1. The first-order valence-electron chi connectivity index (χ1n) is 9.87. The lowest BCUT2D eigenvalue weighted by Crippen LogP contribution is -2.32. The number of ether oxygens (including phenoxy) is 1. The molecule has 7 heteroatoms. The summed E-state index contributed by atoms with van der Waals surface area (Å²) in [7, 11) is 1.50. The zero-order valence-electron chi connectivity index (χ0n) is 17.7. The van der Waals surface area contributed by atoms with E-state index in [2.05, 4.69) is 5.32 Å². The molecule has 0 spiro atoms. The largest absolute Gasteiger partial charge is 0.495 e. The predicted molar refractivity (Wildman–Crippen MR) is 128 cm³/mol. The van der Waals surface area contributed by atoms with Crippen molar-refractivity contribution in [2.24, 2.45) is 0 Å². The summed E-state index contributed by atoms with van der Waals surface area (Å²) in [6.07, 6.45) is 0. The van der Waals surface area contributed by atoms with Crippen LogP contribution in [-0.4, -0.2) is 18.9 Å². The first-order valence-corrected chi connectivity index (χ1v) is 10.6. The minimum atomic E-state index is -0.483. The maximum atomic E-state index is 13.6. The fourth-order valence-electron chi connectivity index (χ4n) is 3.60. The van der Waals surface area contributed by atoms with E-state index in [4.69, 9.17) is 27.9 Å². The molecule has 2 amide bonds. The Hall–Kier alpha value is -3.28. The number of imide groups is 1. The van der Waals surface area contributed by atoms with Crippen LogP contribution >= 0.6 is 23.2 Å². The second-order valence-electron chi connectivity index (χ2n) is 7.42. The van der Waals surface area contributed by atoms with E-state index in [0.717, 1.165) is 16.0 Å². The van der Waals surface area contributed by atoms with Crippen LogP contribution in [-0.2, 0) is 9.59 Å². The Morgan fingerprint density at radius 1 is 0.906 bits per heavy atom. The third-order valence-electron chi connectivity index (χ3n) is 5.32. The smallest absolute Gasteiger partial charge is 0.282 e. The van der Waals surface area contributed by atoms with E-state index in [1.165, 1.54) is 7.11 Å². The van der Waals surface area contributed by atoms with E-state index in [1.807, 2.05) is 19.9 Å². The molecule has 0 saturated heterocycles. The van der Waals surface area contributed by atoms with Crippen molar-refractivity contribution in [2.75, 3.05) is 17.3 Å². The minimum Gasteiger partial charge on any atom is -0.495 e. The molecule has 0 radical (unpaired) electrons. The zero-order valence-corrected chi connectivity index (χ0v) is 19.2. The van der Waals surface area contributed by atoms with E-state index in [1.54, 1.807) is 54.6 Å². The van der Waals surface area contributed by atoms with Crippen LogP contribution in [0.2, 0.25) is 10.0 Å². The van der Waals surface area contributed by atoms with Crippen LogP contribution in [0.1, 0.15) is 16.7 Å². The van der Waals surface area contributed by atoms with Crippen LogP contribution in [0.15, 0.2) is 66.4 Å². The van der Waals surface area contributed by atoms with Gasteiger partial charge in [-0.05, 0) is 66.9 Å². The number of benzene rings is 3. The lowest BCUT2D eigenvalue weighted by Gasteiger charge is -2.19. The Kier molecular flexibility index (Phi) is 5.96. The molecule has 162 valence electrons. The highest BCUT2D eigenvalue weighted by atomic mass is 35.5. The number of anilines is 2. The fourth-order valence-corrected chi connectivity index (χ4v) is 3.90. The second-order valence-corrected chi connectivity index (χ2v) is 8.26. The Bertz CT molecular complexity index is 1270. The van der Waals surface area contributed by atoms with Crippen molar-refractivity contribution in [1.29, 1.82) is 0 Å². The summed E-state index contributed by atoms with van der Waals surface area (Å²) in [5.41, 5.74) is 3.65. The van der Waals surface area contributed by atoms with Gasteiger partial charge >= 0.3 is 0 Å². The Labute approximate surface area is 196 Å². The van der Waals surface area contributed by atoms with Crippen molar-refractivity contribution in [3.8, 4) is 5.75 Å². The molecular formula is C25H20Cl2N2O3. The van der Waals surface area contributed by atoms with Crippen molar-refractivity contribution in [3.63, 3.8) is 0 Å². The number of nitrogens with one attached hydrogen (secondary N) is 1. The van der Waals surface area contributed by atoms with Gasteiger partial charge in [0.15, 0.2) is 0 Å². The highest BCUT2D eigenvalue weighted by Gasteiger charge is 2.41. The fraction of sp³-hybridized carbons (Fsp3) is 0.120. The Balaban J connectivity index is 1.88. The van der Waals surface area contributed by atoms with Crippen LogP contribution in [0.4, 0.5) is 11.4 Å². The van der Waals surface area contributed by atoms with Gasteiger partial charge in [0.25, 0.3) is 11.8 Å². The molecule has 0 bridgehead atoms. The summed E-state index contributed by atoms with van der Waals surface area (Å²) in [6, 6.07) is 17.5. The molecule has 3 aromatic rings. The molecule has 5 nitrogen and oxygen atoms in total. The first-order chi connectivity index (χ1) is 15.3. The van der Waals surface area contributed by atoms with Gasteiger partial charge in [-0.2, -0.15) is 0 Å². The SMILES string of the molecule is COc1ccc(C)cc1N1C(=O)C(Nc2cccc(Cl)c2C)=C(c2ccc(Cl)cc2)C1=O. The van der Waals surface area contributed by atoms with Crippen LogP contribution in [0, 0.1) is 13.8 Å². The molecule has 32 heavy (non-hydrogen) atoms. The number of carbonyl (C=O) groups excluding carboxylic acids is 2. The molecular weight excluding hydrogens is 447 g/mol. The Morgan fingerprint density at radius 2 is 1.62 bits per heavy atom. The van der Waals surface area contributed by atoms with E-state index in [-0.39, 0.29) is 11.3 Å². The van der Waals surface area contributed by atoms with Gasteiger partial charge in [0.2, 0.25) is 0 Å². The van der Waals surface area contributed by atoms with Crippen molar-refractivity contribution >= 4 is 52.0 Å². The van der Waals surface area contributed by atoms with Gasteiger partial charge < -0.3 is 10.1 Å². The number of hydrogen-bond donors (Lipinski definition) is 1. The third-order valence-corrected chi connectivity index (χ3v) is 5.98. The van der Waals surface area contributed by atoms with E-state index in [0.29, 0.717) is 32.7 Å². The van der Waals surface area contributed by atoms with Gasteiger partial charge in [-0.3, -0.25) is 9.59 Å². The van der Waals surface area contributed by atoms with Gasteiger partial charge in [0, 0.05) is 15.7 Å². The molecule has 0 fully saturated rings. The highest BCUT2D eigenvalue weighted by Crippen LogP contribution is 2.39. The van der Waals surface area contributed by atoms with Crippen LogP contribution in [0.25, 0.3) is 5.57 Å². The molecule has 0 aromatic heterocycles. The van der Waals surface area contributed by atoms with Crippen molar-refractivity contribution in [3.05, 3.63) is 93.1 Å². The monoisotopic (exact) mass is 466 g/mol. The number of carbonyl (C=O) groups is 2. The molecule has 3 aromatic carbocycles. The zero-order chi connectivity index (χ0) is 23.0. The number of methoxy groups -OCH3 is 1. The maximum Gasteiger partial charge on any atom is 0.282 e. The summed E-state index contributed by atoms with van der Waals surface area (Å²) in [5, 5.41) is 4.24. The topological polar surface area (TPSA) is 58.6 Å². The summed E-state index contributed by atoms with van der Waals surface area (Å²) in [4.78, 5) is 28.4. The van der Waals surface area contributed by atoms with Crippen LogP contribution < -0.4 is 15.0 Å². The van der Waals surface area contributed by atoms with E-state index >= 15 is 0 Å². The number of rotatable bonds is 5. The quantitative estimate of drug-likeness (QED) is 0.467. The van der Waals surface area contributed by atoms with Crippen LogP contribution in [0.3, 0.4) is 0 Å². The average Bonchev–Trinajstić information content (AvgIpc) is 3.01. The van der Waals surface area contributed by atoms with Crippen molar-refractivity contribution < 1.29 is 14.3 Å². The van der Waals surface area contributed by atoms with Gasteiger partial charge in [-0.15, -0.1) is 0 Å². The lowest BCUT2D eigenvalue weighted by molar-refractivity contribution is -0.120. The maximum absolute atomic E-state index is 13.6. The van der Waals surface area contributed by atoms with Crippen molar-refractivity contribution in [2.45, 2.75) is 13.8 Å². The summed E-state index contributed by atoms with van der Waals surface area (Å²) >= 11 is 12.3. The molecule has 1 aliphatic heterocycles. The molecule has 0 atom stereocenters. The van der Waals surface area contributed by atoms with Gasteiger partial charge in [-0.25, -0.2) is 4.90 Å². The first kappa shape index (κ1) is 21.9. The minimum absolute atomic E-state index is 0.159. The number of hydrogen-bond acceptors (Lipinski definition) is 4. The summed E-state index contributed by atoms with van der Waals surface area (Å²) < 4.78 is 5.43. The summed E-state index contributed by atoms with van der Waals surface area (Å²) in [6.45, 7) is 3.73. The normalized spacial score (nSPS) is 13.7. The molecule has 0 saturated carbocycles. The average molecular weight is 467 g/mol. The predicted octanol–water partition coefficient (Wildman–Crippen LogP) is 6.02. The number of halogens is 2.